The highest BCUT2D eigenvalue weighted by atomic mass is 127. The van der Waals surface area contributed by atoms with E-state index < -0.39 is 0 Å². The number of amides is 2. The Kier molecular flexibility index (Phi) is 8.28. The first kappa shape index (κ1) is 22.2. The van der Waals surface area contributed by atoms with Crippen molar-refractivity contribution in [3.05, 3.63) is 35.6 Å². The summed E-state index contributed by atoms with van der Waals surface area (Å²) in [6.07, 6.45) is 1.55. The maximum atomic E-state index is 11.9. The number of imide groups is 1. The van der Waals surface area contributed by atoms with E-state index in [0.29, 0.717) is 51.4 Å². The fourth-order valence-electron chi connectivity index (χ4n) is 3.20. The lowest BCUT2D eigenvalue weighted by molar-refractivity contribution is -0.147. The summed E-state index contributed by atoms with van der Waals surface area (Å²) in [4.78, 5) is 29.6. The van der Waals surface area contributed by atoms with E-state index in [1.54, 1.807) is 0 Å². The van der Waals surface area contributed by atoms with Crippen LogP contribution in [0.3, 0.4) is 0 Å². The van der Waals surface area contributed by atoms with E-state index in [0.717, 1.165) is 22.3 Å². The van der Waals surface area contributed by atoms with Crippen LogP contribution in [0.15, 0.2) is 33.7 Å². The molecule has 0 unspecified atom stereocenters. The number of hydrogen-bond donors (Lipinski definition) is 2. The number of benzene rings is 1. The van der Waals surface area contributed by atoms with Crippen molar-refractivity contribution < 1.29 is 14.0 Å². The molecule has 1 aromatic heterocycles. The molecule has 1 fully saturated rings. The first-order valence-corrected chi connectivity index (χ1v) is 9.42. The summed E-state index contributed by atoms with van der Waals surface area (Å²) >= 11 is 0. The van der Waals surface area contributed by atoms with E-state index in [2.05, 4.69) is 15.6 Å². The number of fused-ring (bicyclic) bond motifs is 1. The molecule has 2 heterocycles. The Morgan fingerprint density at radius 1 is 1.18 bits per heavy atom. The summed E-state index contributed by atoms with van der Waals surface area (Å²) < 4.78 is 5.89. The number of furan rings is 1. The molecule has 152 valence electrons. The Morgan fingerprint density at radius 2 is 1.89 bits per heavy atom. The lowest BCUT2D eigenvalue weighted by Gasteiger charge is -2.25. The number of halogens is 1. The van der Waals surface area contributed by atoms with Crippen molar-refractivity contribution >= 4 is 52.7 Å². The van der Waals surface area contributed by atoms with E-state index in [4.69, 9.17) is 4.42 Å². The number of aliphatic imine (C=N–C) groups is 1. The predicted octanol–water partition coefficient (Wildman–Crippen LogP) is 2.95. The van der Waals surface area contributed by atoms with Crippen molar-refractivity contribution in [1.82, 2.24) is 15.5 Å². The van der Waals surface area contributed by atoms with Gasteiger partial charge in [0, 0.05) is 43.4 Å². The van der Waals surface area contributed by atoms with Crippen molar-refractivity contribution in [2.75, 3.05) is 19.6 Å². The number of hydrogen-bond acceptors (Lipinski definition) is 4. The number of likely N-dealkylation sites (tertiary alicyclic amines) is 1. The van der Waals surface area contributed by atoms with Crippen LogP contribution in [0.1, 0.15) is 37.5 Å². The van der Waals surface area contributed by atoms with Crippen LogP contribution in [-0.4, -0.2) is 42.3 Å². The highest BCUT2D eigenvalue weighted by Gasteiger charge is 2.25. The van der Waals surface area contributed by atoms with Gasteiger partial charge in [-0.25, -0.2) is 4.99 Å². The lowest BCUT2D eigenvalue weighted by Crippen LogP contribution is -2.46. The van der Waals surface area contributed by atoms with Gasteiger partial charge in [-0.3, -0.25) is 14.5 Å². The molecule has 1 aliphatic heterocycles. The van der Waals surface area contributed by atoms with Gasteiger partial charge in [0.1, 0.15) is 17.9 Å². The van der Waals surface area contributed by atoms with Crippen molar-refractivity contribution in [3.8, 4) is 0 Å². The Morgan fingerprint density at radius 3 is 2.57 bits per heavy atom. The van der Waals surface area contributed by atoms with Crippen LogP contribution in [0, 0.1) is 6.92 Å². The summed E-state index contributed by atoms with van der Waals surface area (Å²) in [5, 5.41) is 7.46. The zero-order valence-electron chi connectivity index (χ0n) is 16.3. The van der Waals surface area contributed by atoms with Crippen LogP contribution < -0.4 is 10.6 Å². The molecule has 2 N–H and O–H groups in total. The molecule has 1 aromatic carbocycles. The van der Waals surface area contributed by atoms with Gasteiger partial charge in [-0.2, -0.15) is 0 Å². The molecule has 8 heteroatoms. The van der Waals surface area contributed by atoms with Crippen molar-refractivity contribution in [1.29, 1.82) is 0 Å². The van der Waals surface area contributed by atoms with Crippen molar-refractivity contribution in [2.45, 2.75) is 39.7 Å². The monoisotopic (exact) mass is 498 g/mol. The molecular formula is C20H27IN4O3. The number of carbonyl (C=O) groups is 2. The summed E-state index contributed by atoms with van der Waals surface area (Å²) in [5.74, 6) is 1.28. The molecule has 7 nitrogen and oxygen atoms in total. The fraction of sp³-hybridized carbons (Fsp3) is 0.450. The molecule has 1 saturated heterocycles. The van der Waals surface area contributed by atoms with E-state index in [9.17, 15) is 9.59 Å². The quantitative estimate of drug-likeness (QED) is 0.277. The smallest absolute Gasteiger partial charge is 0.229 e. The van der Waals surface area contributed by atoms with E-state index in [1.165, 1.54) is 4.90 Å². The summed E-state index contributed by atoms with van der Waals surface area (Å²) in [7, 11) is 0. The van der Waals surface area contributed by atoms with Crippen LogP contribution in [0.2, 0.25) is 0 Å². The molecule has 0 spiro atoms. The standard InChI is InChI=1S/C20H26N4O3.HI/c1-3-21-20(22-11-12-24-18(25)9-6-10-19(24)26)23-13-17-14(2)15-7-4-5-8-16(15)27-17;/h4-5,7-8H,3,6,9-13H2,1-2H3,(H2,21,22,23);1H. The SMILES string of the molecule is CCNC(=NCc1oc2ccccc2c1C)NCCN1C(=O)CCCC1=O.I. The van der Waals surface area contributed by atoms with Gasteiger partial charge in [0.2, 0.25) is 11.8 Å². The summed E-state index contributed by atoms with van der Waals surface area (Å²) in [6, 6.07) is 7.93. The second-order valence-corrected chi connectivity index (χ2v) is 6.56. The van der Waals surface area contributed by atoms with Crippen LogP contribution in [-0.2, 0) is 16.1 Å². The largest absolute Gasteiger partial charge is 0.459 e. The van der Waals surface area contributed by atoms with Gasteiger partial charge < -0.3 is 15.1 Å². The normalized spacial score (nSPS) is 14.9. The second-order valence-electron chi connectivity index (χ2n) is 6.56. The van der Waals surface area contributed by atoms with Crippen LogP contribution in [0.5, 0.6) is 0 Å². The average Bonchev–Trinajstić information content (AvgIpc) is 2.98. The number of nitrogens with one attached hydrogen (secondary N) is 2. The van der Waals surface area contributed by atoms with Gasteiger partial charge >= 0.3 is 0 Å². The second kappa shape index (κ2) is 10.4. The van der Waals surface area contributed by atoms with Crippen molar-refractivity contribution in [2.24, 2.45) is 4.99 Å². The minimum Gasteiger partial charge on any atom is -0.459 e. The van der Waals surface area contributed by atoms with Gasteiger partial charge in [-0.1, -0.05) is 18.2 Å². The minimum absolute atomic E-state index is 0. The third-order valence-electron chi connectivity index (χ3n) is 4.68. The minimum atomic E-state index is -0.0899. The van der Waals surface area contributed by atoms with Gasteiger partial charge in [-0.05, 0) is 26.3 Å². The molecular weight excluding hydrogens is 471 g/mol. The van der Waals surface area contributed by atoms with Crippen LogP contribution in [0.4, 0.5) is 0 Å². The molecule has 2 aromatic rings. The molecule has 2 amide bonds. The average molecular weight is 498 g/mol. The van der Waals surface area contributed by atoms with Gasteiger partial charge in [-0.15, -0.1) is 24.0 Å². The Hall–Kier alpha value is -2.10. The number of para-hydroxylation sites is 1. The molecule has 0 aliphatic carbocycles. The Bertz CT molecular complexity index is 846. The molecule has 28 heavy (non-hydrogen) atoms. The molecule has 0 atom stereocenters. The molecule has 0 saturated carbocycles. The van der Waals surface area contributed by atoms with Crippen LogP contribution >= 0.6 is 24.0 Å². The highest BCUT2D eigenvalue weighted by molar-refractivity contribution is 14.0. The summed E-state index contributed by atoms with van der Waals surface area (Å²) in [6.45, 7) is 5.96. The number of piperidine rings is 1. The lowest BCUT2D eigenvalue weighted by atomic mass is 10.1. The zero-order valence-corrected chi connectivity index (χ0v) is 18.6. The van der Waals surface area contributed by atoms with Gasteiger partial charge in [0.15, 0.2) is 5.96 Å². The Labute approximate surface area is 182 Å². The predicted molar refractivity (Wildman–Crippen MR) is 120 cm³/mol. The topological polar surface area (TPSA) is 86.9 Å². The maximum absolute atomic E-state index is 11.9. The van der Waals surface area contributed by atoms with Crippen molar-refractivity contribution in [3.63, 3.8) is 0 Å². The Balaban J connectivity index is 0.00000280. The van der Waals surface area contributed by atoms with Gasteiger partial charge in [0.05, 0.1) is 0 Å². The van der Waals surface area contributed by atoms with E-state index in [-0.39, 0.29) is 35.8 Å². The molecule has 3 rings (SSSR count). The number of rotatable bonds is 6. The zero-order chi connectivity index (χ0) is 19.2. The first-order valence-electron chi connectivity index (χ1n) is 9.42. The number of guanidine groups is 1. The number of aryl methyl sites for hydroxylation is 1. The number of carbonyl (C=O) groups excluding carboxylic acids is 2. The molecule has 0 bridgehead atoms. The number of nitrogens with zero attached hydrogens (tertiary/aromatic N) is 2. The van der Waals surface area contributed by atoms with Crippen LogP contribution in [0.25, 0.3) is 11.0 Å². The molecule has 1 aliphatic rings. The highest BCUT2D eigenvalue weighted by Crippen LogP contribution is 2.25. The van der Waals surface area contributed by atoms with Gasteiger partial charge in [0.25, 0.3) is 0 Å². The third-order valence-corrected chi connectivity index (χ3v) is 4.68. The first-order chi connectivity index (χ1) is 13.1. The maximum Gasteiger partial charge on any atom is 0.229 e. The van der Waals surface area contributed by atoms with E-state index in [1.807, 2.05) is 38.1 Å². The third kappa shape index (κ3) is 5.24. The summed E-state index contributed by atoms with van der Waals surface area (Å²) in [5.41, 5.74) is 1.95. The van der Waals surface area contributed by atoms with E-state index >= 15 is 0 Å². The fourth-order valence-corrected chi connectivity index (χ4v) is 3.20. The molecule has 0 radical (unpaired) electrons.